The van der Waals surface area contributed by atoms with Crippen molar-refractivity contribution in [2.24, 2.45) is 11.7 Å². The lowest BCUT2D eigenvalue weighted by Gasteiger charge is -2.37. The average molecular weight is 538 g/mol. The Hall–Kier alpha value is -3.76. The van der Waals surface area contributed by atoms with E-state index in [1.807, 2.05) is 0 Å². The number of phenols is 2. The lowest BCUT2D eigenvalue weighted by molar-refractivity contribution is -0.248. The van der Waals surface area contributed by atoms with Crippen molar-refractivity contribution in [1.29, 1.82) is 0 Å². The number of amides is 1. The molecule has 3 aliphatic carbocycles. The van der Waals surface area contributed by atoms with Gasteiger partial charge >= 0.3 is 0 Å². The van der Waals surface area contributed by atoms with Gasteiger partial charge in [-0.05, 0) is 38.2 Å². The number of nitrogens with two attached hydrogens (primary N) is 1. The van der Waals surface area contributed by atoms with Crippen LogP contribution in [-0.4, -0.2) is 59.6 Å². The van der Waals surface area contributed by atoms with Crippen molar-refractivity contribution in [2.45, 2.75) is 57.2 Å². The van der Waals surface area contributed by atoms with E-state index in [0.717, 1.165) is 19.3 Å². The molecule has 0 spiro atoms. The second kappa shape index (κ2) is 10.4. The molecule has 3 aliphatic rings. The molecular weight excluding hydrogens is 506 g/mol. The van der Waals surface area contributed by atoms with Gasteiger partial charge in [-0.1, -0.05) is 18.6 Å². The third-order valence-electron chi connectivity index (χ3n) is 8.05. The number of fused-ring (bicyclic) bond motifs is 3. The van der Waals surface area contributed by atoms with Crippen molar-refractivity contribution in [3.05, 3.63) is 51.6 Å². The number of ether oxygens (including phenoxy) is 3. The quantitative estimate of drug-likeness (QED) is 0.290. The van der Waals surface area contributed by atoms with Gasteiger partial charge in [0.05, 0.1) is 23.8 Å². The maximum Gasteiger partial charge on any atom is 0.243 e. The summed E-state index contributed by atoms with van der Waals surface area (Å²) in [7, 11) is 1.38. The second-order valence-electron chi connectivity index (χ2n) is 10.4. The topological polar surface area (TPSA) is 162 Å². The van der Waals surface area contributed by atoms with E-state index in [9.17, 15) is 29.4 Å². The Morgan fingerprint density at radius 3 is 2.31 bits per heavy atom. The van der Waals surface area contributed by atoms with Gasteiger partial charge in [-0.3, -0.25) is 19.2 Å². The molecule has 0 saturated heterocycles. The van der Waals surface area contributed by atoms with Gasteiger partial charge < -0.3 is 30.2 Å². The zero-order valence-electron chi connectivity index (χ0n) is 21.7. The predicted molar refractivity (Wildman–Crippen MR) is 137 cm³/mol. The van der Waals surface area contributed by atoms with E-state index in [1.165, 1.54) is 13.2 Å². The van der Waals surface area contributed by atoms with Crippen molar-refractivity contribution in [1.82, 2.24) is 0 Å². The minimum absolute atomic E-state index is 0.0448. The van der Waals surface area contributed by atoms with Crippen molar-refractivity contribution < 1.29 is 43.6 Å². The van der Waals surface area contributed by atoms with E-state index < -0.39 is 34.9 Å². The standard InChI is InChI=1S/C29H31NO9/c1-37-20-7-5-6-17-22(20)28(36)24-23(26(17)34)27(35)18-12-15(8-9-16(18)25(24)33)19(31)13-38-29(39-14-21(30)32)10-3-2-4-11-29/h5-7,15,33,35H,2-4,8-14H2,1H3,(H2,30,32)/t15-/m0/s1. The van der Waals surface area contributed by atoms with Crippen LogP contribution in [-0.2, 0) is 31.9 Å². The lowest BCUT2D eigenvalue weighted by atomic mass is 9.75. The summed E-state index contributed by atoms with van der Waals surface area (Å²) in [6.45, 7) is -0.550. The maximum atomic E-state index is 13.4. The van der Waals surface area contributed by atoms with E-state index in [0.29, 0.717) is 24.8 Å². The van der Waals surface area contributed by atoms with E-state index >= 15 is 0 Å². The first-order valence-corrected chi connectivity index (χ1v) is 13.1. The summed E-state index contributed by atoms with van der Waals surface area (Å²) in [5, 5.41) is 22.3. The van der Waals surface area contributed by atoms with Crippen LogP contribution >= 0.6 is 0 Å². The fourth-order valence-corrected chi connectivity index (χ4v) is 6.03. The number of aromatic hydroxyl groups is 2. The number of carbonyl (C=O) groups excluding carboxylic acids is 4. The van der Waals surface area contributed by atoms with Crippen LogP contribution in [0.15, 0.2) is 18.2 Å². The largest absolute Gasteiger partial charge is 0.507 e. The molecule has 1 saturated carbocycles. The summed E-state index contributed by atoms with van der Waals surface area (Å²) in [6.07, 6.45) is 4.43. The van der Waals surface area contributed by atoms with Crippen molar-refractivity contribution in [2.75, 3.05) is 20.3 Å². The van der Waals surface area contributed by atoms with Gasteiger partial charge in [-0.15, -0.1) is 0 Å². The highest BCUT2D eigenvalue weighted by molar-refractivity contribution is 6.31. The van der Waals surface area contributed by atoms with Crippen LogP contribution in [0, 0.1) is 5.92 Å². The fraction of sp³-hybridized carbons (Fsp3) is 0.448. The SMILES string of the molecule is COc1cccc2c1C(=O)c1c(O)c3c(c(O)c1C2=O)C[C@@H](C(=O)COC1(OCC(N)=O)CCCCC1)CC3. The zero-order chi connectivity index (χ0) is 27.9. The molecule has 0 unspecified atom stereocenters. The summed E-state index contributed by atoms with van der Waals surface area (Å²) in [5.74, 6) is -4.17. The number of hydrogen-bond acceptors (Lipinski definition) is 9. The van der Waals surface area contributed by atoms with E-state index in [2.05, 4.69) is 0 Å². The molecule has 0 aromatic heterocycles. The molecule has 39 heavy (non-hydrogen) atoms. The highest BCUT2D eigenvalue weighted by Crippen LogP contribution is 2.47. The summed E-state index contributed by atoms with van der Waals surface area (Å²) in [4.78, 5) is 51.3. The lowest BCUT2D eigenvalue weighted by Crippen LogP contribution is -2.42. The summed E-state index contributed by atoms with van der Waals surface area (Å²) in [5.41, 5.74) is 5.48. The van der Waals surface area contributed by atoms with Crippen molar-refractivity contribution in [3.63, 3.8) is 0 Å². The fourth-order valence-electron chi connectivity index (χ4n) is 6.03. The van der Waals surface area contributed by atoms with Crippen LogP contribution in [0.25, 0.3) is 0 Å². The first-order chi connectivity index (χ1) is 18.7. The monoisotopic (exact) mass is 537 g/mol. The Labute approximate surface area is 225 Å². The van der Waals surface area contributed by atoms with E-state index in [1.54, 1.807) is 12.1 Å². The number of primary amides is 1. The van der Waals surface area contributed by atoms with Gasteiger partial charge in [-0.25, -0.2) is 0 Å². The van der Waals surface area contributed by atoms with E-state index in [-0.39, 0.29) is 71.2 Å². The van der Waals surface area contributed by atoms with E-state index in [4.69, 9.17) is 19.9 Å². The number of rotatable bonds is 8. The minimum atomic E-state index is -1.05. The first kappa shape index (κ1) is 26.8. The second-order valence-corrected chi connectivity index (χ2v) is 10.4. The number of hydrogen-bond donors (Lipinski definition) is 3. The number of carbonyl (C=O) groups is 4. The van der Waals surface area contributed by atoms with Gasteiger partial charge in [0.1, 0.15) is 30.5 Å². The van der Waals surface area contributed by atoms with Gasteiger partial charge in [0.15, 0.2) is 17.4 Å². The molecular formula is C29H31NO9. The van der Waals surface area contributed by atoms with Crippen LogP contribution in [0.1, 0.15) is 81.5 Å². The molecule has 0 aliphatic heterocycles. The highest BCUT2D eigenvalue weighted by Gasteiger charge is 2.42. The third-order valence-corrected chi connectivity index (χ3v) is 8.05. The number of phenolic OH excluding ortho intramolecular Hbond substituents is 2. The normalized spacial score (nSPS) is 19.6. The molecule has 10 nitrogen and oxygen atoms in total. The van der Waals surface area contributed by atoms with Crippen LogP contribution < -0.4 is 10.5 Å². The molecule has 1 amide bonds. The first-order valence-electron chi connectivity index (χ1n) is 13.1. The Morgan fingerprint density at radius 1 is 0.949 bits per heavy atom. The molecule has 4 N–H and O–H groups in total. The van der Waals surface area contributed by atoms with Gasteiger partial charge in [0.2, 0.25) is 11.7 Å². The summed E-state index contributed by atoms with van der Waals surface area (Å²) in [6, 6.07) is 4.60. The van der Waals surface area contributed by atoms with Crippen LogP contribution in [0.2, 0.25) is 0 Å². The Bertz CT molecular complexity index is 1370. The molecule has 1 fully saturated rings. The molecule has 5 rings (SSSR count). The smallest absolute Gasteiger partial charge is 0.243 e. The number of methoxy groups -OCH3 is 1. The van der Waals surface area contributed by atoms with Crippen molar-refractivity contribution in [3.8, 4) is 17.2 Å². The van der Waals surface area contributed by atoms with Gasteiger partial charge in [-0.2, -0.15) is 0 Å². The third kappa shape index (κ3) is 4.68. The zero-order valence-corrected chi connectivity index (χ0v) is 21.7. The van der Waals surface area contributed by atoms with Crippen molar-refractivity contribution >= 4 is 23.3 Å². The molecule has 0 radical (unpaired) electrons. The maximum absolute atomic E-state index is 13.4. The minimum Gasteiger partial charge on any atom is -0.507 e. The summed E-state index contributed by atoms with van der Waals surface area (Å²) >= 11 is 0. The molecule has 0 bridgehead atoms. The summed E-state index contributed by atoms with van der Waals surface area (Å²) < 4.78 is 16.9. The molecule has 10 heteroatoms. The van der Waals surface area contributed by atoms with Crippen LogP contribution in [0.4, 0.5) is 0 Å². The molecule has 2 aromatic carbocycles. The molecule has 0 heterocycles. The van der Waals surface area contributed by atoms with Gasteiger partial charge in [0.25, 0.3) is 0 Å². The van der Waals surface area contributed by atoms with Gasteiger partial charge in [0, 0.05) is 35.4 Å². The Balaban J connectivity index is 1.40. The Morgan fingerprint density at radius 2 is 1.62 bits per heavy atom. The number of ketones is 3. The Kier molecular flexibility index (Phi) is 7.17. The molecule has 1 atom stereocenters. The van der Waals surface area contributed by atoms with Crippen LogP contribution in [0.3, 0.4) is 0 Å². The highest BCUT2D eigenvalue weighted by atomic mass is 16.7. The predicted octanol–water partition coefficient (Wildman–Crippen LogP) is 2.73. The molecule has 2 aromatic rings. The number of Topliss-reactive ketones (excluding diaryl/α,β-unsaturated/α-hetero) is 1. The van der Waals surface area contributed by atoms with Crippen LogP contribution in [0.5, 0.6) is 17.2 Å². The molecule has 206 valence electrons. The average Bonchev–Trinajstić information content (AvgIpc) is 2.95. The number of benzene rings is 2.